The fourth-order valence-corrected chi connectivity index (χ4v) is 5.25. The Balaban J connectivity index is 1.41. The first kappa shape index (κ1) is 24.1. The van der Waals surface area contributed by atoms with Gasteiger partial charge in [0.15, 0.2) is 11.2 Å². The predicted octanol–water partition coefficient (Wildman–Crippen LogP) is 3.34. The van der Waals surface area contributed by atoms with Crippen LogP contribution in [0.4, 0.5) is 0 Å². The van der Waals surface area contributed by atoms with Crippen molar-refractivity contribution in [1.29, 1.82) is 0 Å². The average molecular weight is 491 g/mol. The van der Waals surface area contributed by atoms with Gasteiger partial charge in [-0.15, -0.1) is 0 Å². The van der Waals surface area contributed by atoms with Crippen molar-refractivity contribution in [3.05, 3.63) is 62.2 Å². The minimum Gasteiger partial charge on any atom is -0.358 e. The van der Waals surface area contributed by atoms with Crippen LogP contribution in [0.1, 0.15) is 57.1 Å². The lowest BCUT2D eigenvalue weighted by atomic mass is 10.0. The number of H-pyrrole nitrogens is 2. The van der Waals surface area contributed by atoms with Crippen LogP contribution in [0.2, 0.25) is 0 Å². The van der Waals surface area contributed by atoms with Gasteiger partial charge in [0, 0.05) is 67.6 Å². The van der Waals surface area contributed by atoms with Crippen molar-refractivity contribution in [2.75, 3.05) is 6.54 Å². The highest BCUT2D eigenvalue weighted by Crippen LogP contribution is 2.28. The number of hydrogen-bond donors (Lipinski definition) is 2. The molecule has 9 heteroatoms. The third kappa shape index (κ3) is 4.38. The molecule has 9 nitrogen and oxygen atoms in total. The number of aromatic nitrogens is 5. The van der Waals surface area contributed by atoms with E-state index in [1.54, 1.807) is 4.57 Å². The van der Waals surface area contributed by atoms with Crippen LogP contribution in [-0.2, 0) is 37.3 Å². The van der Waals surface area contributed by atoms with E-state index in [4.69, 9.17) is 4.98 Å². The quantitative estimate of drug-likeness (QED) is 0.395. The summed E-state index contributed by atoms with van der Waals surface area (Å²) >= 11 is 0. The number of unbranched alkanes of at least 4 members (excludes halogenated alkanes) is 1. The molecule has 0 bridgehead atoms. The van der Waals surface area contributed by atoms with E-state index in [-0.39, 0.29) is 11.8 Å². The first-order chi connectivity index (χ1) is 17.4. The topological polar surface area (TPSA) is 109 Å². The lowest BCUT2D eigenvalue weighted by Crippen LogP contribution is -2.36. The first-order valence-corrected chi connectivity index (χ1v) is 13.0. The molecule has 0 fully saturated rings. The molecule has 0 aliphatic carbocycles. The zero-order valence-corrected chi connectivity index (χ0v) is 21.3. The molecule has 0 radical (unpaired) electrons. The van der Waals surface area contributed by atoms with Crippen molar-refractivity contribution in [2.24, 2.45) is 5.92 Å². The molecule has 190 valence electrons. The molecule has 36 heavy (non-hydrogen) atoms. The number of imidazole rings is 1. The fraction of sp³-hybridized carbons (Fsp3) is 0.481. The maximum Gasteiger partial charge on any atom is 0.330 e. The van der Waals surface area contributed by atoms with E-state index >= 15 is 0 Å². The lowest BCUT2D eigenvalue weighted by Gasteiger charge is -2.27. The van der Waals surface area contributed by atoms with E-state index < -0.39 is 11.2 Å². The summed E-state index contributed by atoms with van der Waals surface area (Å²) < 4.78 is 3.47. The molecule has 1 amide bonds. The molecule has 1 aromatic carbocycles. The van der Waals surface area contributed by atoms with Crippen molar-refractivity contribution in [3.63, 3.8) is 0 Å². The van der Waals surface area contributed by atoms with Crippen molar-refractivity contribution in [3.8, 4) is 0 Å². The molecule has 4 aromatic rings. The molecule has 0 unspecified atom stereocenters. The molecular weight excluding hydrogens is 456 g/mol. The van der Waals surface area contributed by atoms with Gasteiger partial charge in [0.25, 0.3) is 5.56 Å². The smallest absolute Gasteiger partial charge is 0.330 e. The molecule has 1 aliphatic rings. The Labute approximate surface area is 209 Å². The van der Waals surface area contributed by atoms with Crippen LogP contribution in [-0.4, -0.2) is 41.4 Å². The van der Waals surface area contributed by atoms with Crippen LogP contribution in [0.15, 0.2) is 33.9 Å². The Morgan fingerprint density at radius 2 is 1.94 bits per heavy atom. The lowest BCUT2D eigenvalue weighted by molar-refractivity contribution is -0.132. The minimum atomic E-state index is -0.430. The molecule has 5 rings (SSSR count). The summed E-state index contributed by atoms with van der Waals surface area (Å²) in [4.78, 5) is 51.3. The van der Waals surface area contributed by atoms with Crippen molar-refractivity contribution >= 4 is 28.0 Å². The summed E-state index contributed by atoms with van der Waals surface area (Å²) in [6.45, 7) is 8.58. The first-order valence-electron chi connectivity index (χ1n) is 13.0. The number of fused-ring (bicyclic) bond motifs is 4. The maximum absolute atomic E-state index is 13.3. The second-order valence-electron chi connectivity index (χ2n) is 10.2. The minimum absolute atomic E-state index is 0.0753. The van der Waals surface area contributed by atoms with Gasteiger partial charge in [0.1, 0.15) is 5.82 Å². The molecule has 4 heterocycles. The highest BCUT2D eigenvalue weighted by molar-refractivity contribution is 5.86. The third-order valence-electron chi connectivity index (χ3n) is 7.05. The van der Waals surface area contributed by atoms with Gasteiger partial charge in [-0.05, 0) is 18.4 Å². The van der Waals surface area contributed by atoms with E-state index in [2.05, 4.69) is 42.9 Å². The van der Waals surface area contributed by atoms with Crippen LogP contribution in [0.3, 0.4) is 0 Å². The summed E-state index contributed by atoms with van der Waals surface area (Å²) in [5.74, 6) is 1.03. The number of hydrogen-bond acceptors (Lipinski definition) is 4. The SMILES string of the molecule is CCCCn1c(=O)[nH]c(=O)c2c1nc(CCC(=O)N1CCc3[nH]c4ccccc4c3C1)n2CC(C)C. The number of aryl methyl sites for hydroxylation is 2. The van der Waals surface area contributed by atoms with Gasteiger partial charge in [0.2, 0.25) is 5.91 Å². The Bertz CT molecular complexity index is 1540. The number of nitrogens with zero attached hydrogens (tertiary/aromatic N) is 4. The molecule has 1 aliphatic heterocycles. The number of carbonyl (C=O) groups is 1. The van der Waals surface area contributed by atoms with Crippen LogP contribution in [0.25, 0.3) is 22.1 Å². The third-order valence-corrected chi connectivity index (χ3v) is 7.05. The summed E-state index contributed by atoms with van der Waals surface area (Å²) in [7, 11) is 0. The second-order valence-corrected chi connectivity index (χ2v) is 10.2. The highest BCUT2D eigenvalue weighted by atomic mass is 16.2. The molecule has 0 saturated heterocycles. The molecule has 2 N–H and O–H groups in total. The number of benzene rings is 1. The number of para-hydroxylation sites is 1. The van der Waals surface area contributed by atoms with Crippen LogP contribution >= 0.6 is 0 Å². The fourth-order valence-electron chi connectivity index (χ4n) is 5.25. The van der Waals surface area contributed by atoms with Crippen molar-refractivity contribution in [2.45, 2.75) is 72.5 Å². The summed E-state index contributed by atoms with van der Waals surface area (Å²) in [5.41, 5.74) is 3.51. The molecular formula is C27H34N6O3. The number of carbonyl (C=O) groups excluding carboxylic acids is 1. The predicted molar refractivity (Wildman–Crippen MR) is 140 cm³/mol. The normalized spacial score (nSPS) is 13.7. The van der Waals surface area contributed by atoms with E-state index in [0.717, 1.165) is 24.8 Å². The number of aromatic amines is 2. The van der Waals surface area contributed by atoms with Gasteiger partial charge >= 0.3 is 5.69 Å². The van der Waals surface area contributed by atoms with E-state index in [1.807, 2.05) is 21.6 Å². The molecule has 0 saturated carbocycles. The van der Waals surface area contributed by atoms with Crippen LogP contribution in [0, 0.1) is 5.92 Å². The molecule has 0 atom stereocenters. The van der Waals surface area contributed by atoms with Crippen molar-refractivity contribution in [1.82, 2.24) is 29.0 Å². The number of nitrogens with one attached hydrogen (secondary N) is 2. The van der Waals surface area contributed by atoms with Crippen molar-refractivity contribution < 1.29 is 4.79 Å². The number of amides is 1. The maximum atomic E-state index is 13.3. The summed E-state index contributed by atoms with van der Waals surface area (Å²) in [5, 5.41) is 1.17. The van der Waals surface area contributed by atoms with Gasteiger partial charge < -0.3 is 14.5 Å². The monoisotopic (exact) mass is 490 g/mol. The Hall–Kier alpha value is -3.62. The van der Waals surface area contributed by atoms with Gasteiger partial charge in [-0.1, -0.05) is 45.4 Å². The van der Waals surface area contributed by atoms with E-state index in [0.29, 0.717) is 56.0 Å². The van der Waals surface area contributed by atoms with Gasteiger partial charge in [0.05, 0.1) is 0 Å². The highest BCUT2D eigenvalue weighted by Gasteiger charge is 2.25. The van der Waals surface area contributed by atoms with Gasteiger partial charge in [-0.2, -0.15) is 0 Å². The summed E-state index contributed by atoms with van der Waals surface area (Å²) in [6.07, 6.45) is 3.27. The Kier molecular flexibility index (Phi) is 6.55. The van der Waals surface area contributed by atoms with Crippen LogP contribution in [0.5, 0.6) is 0 Å². The van der Waals surface area contributed by atoms with Crippen LogP contribution < -0.4 is 11.2 Å². The summed E-state index contributed by atoms with van der Waals surface area (Å²) in [6, 6.07) is 8.21. The molecule has 0 spiro atoms. The standard InChI is InChI=1S/C27H34N6O3/c1-4-5-13-32-25-24(26(35)30-27(32)36)33(15-17(2)3)22(29-25)10-11-23(34)31-14-12-21-19(16-31)18-8-6-7-9-20(18)28-21/h6-9,17,28H,4-5,10-16H2,1-3H3,(H,30,35,36). The number of rotatable bonds is 8. The Morgan fingerprint density at radius 1 is 1.14 bits per heavy atom. The second kappa shape index (κ2) is 9.79. The van der Waals surface area contributed by atoms with E-state index in [1.165, 1.54) is 16.6 Å². The van der Waals surface area contributed by atoms with Gasteiger partial charge in [-0.3, -0.25) is 19.1 Å². The Morgan fingerprint density at radius 3 is 2.72 bits per heavy atom. The largest absolute Gasteiger partial charge is 0.358 e. The zero-order chi connectivity index (χ0) is 25.4. The molecule has 3 aromatic heterocycles. The zero-order valence-electron chi connectivity index (χ0n) is 21.3. The van der Waals surface area contributed by atoms with E-state index in [9.17, 15) is 14.4 Å². The van der Waals surface area contributed by atoms with Gasteiger partial charge in [-0.25, -0.2) is 9.78 Å². The average Bonchev–Trinajstić information content (AvgIpc) is 3.40.